The molecule has 1 fully saturated rings. The van der Waals surface area contributed by atoms with Gasteiger partial charge >= 0.3 is 0 Å². The van der Waals surface area contributed by atoms with Crippen LogP contribution in [0.5, 0.6) is 0 Å². The van der Waals surface area contributed by atoms with Crippen LogP contribution in [-0.2, 0) is 0 Å². The zero-order valence-corrected chi connectivity index (χ0v) is 29.0. The summed E-state index contributed by atoms with van der Waals surface area (Å²) in [5.41, 5.74) is 12.6. The smallest absolute Gasteiger partial charge is 0.0694 e. The predicted molar refractivity (Wildman–Crippen MR) is 212 cm³/mol. The van der Waals surface area contributed by atoms with E-state index in [0.717, 1.165) is 17.1 Å². The molecule has 0 radical (unpaired) electrons. The number of hydrogen-bond acceptors (Lipinski definition) is 4. The van der Waals surface area contributed by atoms with Crippen molar-refractivity contribution in [3.8, 4) is 22.3 Å². The Bertz CT molecular complexity index is 2230. The van der Waals surface area contributed by atoms with Crippen molar-refractivity contribution in [2.75, 3.05) is 9.80 Å². The Labute approximate surface area is 302 Å². The minimum absolute atomic E-state index is 0.378. The van der Waals surface area contributed by atoms with Crippen LogP contribution < -0.4 is 9.80 Å². The van der Waals surface area contributed by atoms with Gasteiger partial charge in [-0.15, -0.1) is 23.5 Å². The Kier molecular flexibility index (Phi) is 7.32. The van der Waals surface area contributed by atoms with Crippen molar-refractivity contribution in [1.82, 2.24) is 0 Å². The summed E-state index contributed by atoms with van der Waals surface area (Å²) in [6, 6.07) is 67.3. The molecule has 0 bridgehead atoms. The summed E-state index contributed by atoms with van der Waals surface area (Å²) in [5, 5.41) is 1.06. The standard InChI is InChI=1S/C46H34N2S2/c1-3-11-31(12-4-1)32-19-25-36(26-20-32)47(35-13-5-2-6-14-35)37-27-21-33(22-28-37)34-23-29-38(30-24-34)48-43-39-15-7-9-17-41(39)49-45(43)46-44(48)40-16-8-10-18-42(40)50-46/h1-30,43-46H. The fraction of sp³-hybridized carbons (Fsp3) is 0.0870. The number of rotatable bonds is 6. The van der Waals surface area contributed by atoms with Crippen LogP contribution in [0.4, 0.5) is 22.7 Å². The molecule has 240 valence electrons. The second kappa shape index (κ2) is 12.3. The normalized spacial score (nSPS) is 19.8. The van der Waals surface area contributed by atoms with Crippen molar-refractivity contribution in [2.24, 2.45) is 0 Å². The zero-order valence-electron chi connectivity index (χ0n) is 27.3. The van der Waals surface area contributed by atoms with E-state index in [1.54, 1.807) is 0 Å². The van der Waals surface area contributed by atoms with Gasteiger partial charge in [0, 0.05) is 43.0 Å². The van der Waals surface area contributed by atoms with Gasteiger partial charge in [0.05, 0.1) is 12.1 Å². The Morgan fingerprint density at radius 2 is 0.740 bits per heavy atom. The first-order chi connectivity index (χ1) is 24.8. The number of para-hydroxylation sites is 1. The minimum Gasteiger partial charge on any atom is -0.355 e. The van der Waals surface area contributed by atoms with Crippen molar-refractivity contribution in [1.29, 1.82) is 0 Å². The molecule has 0 N–H and O–H groups in total. The highest BCUT2D eigenvalue weighted by atomic mass is 32.2. The molecule has 7 aromatic carbocycles. The first-order valence-electron chi connectivity index (χ1n) is 17.3. The quantitative estimate of drug-likeness (QED) is 0.173. The molecule has 3 aliphatic rings. The SMILES string of the molecule is c1ccc(-c2ccc(N(c3ccccc3)c3ccc(-c4ccc(N5C6c7ccccc7SC6C6Sc7ccccc7C65)cc4)cc3)cc2)cc1. The Morgan fingerprint density at radius 1 is 0.360 bits per heavy atom. The first-order valence-corrected chi connectivity index (χ1v) is 19.1. The number of thioether (sulfide) groups is 2. The highest BCUT2D eigenvalue weighted by molar-refractivity contribution is 8.04. The first kappa shape index (κ1) is 29.7. The van der Waals surface area contributed by atoms with Crippen molar-refractivity contribution < 1.29 is 0 Å². The van der Waals surface area contributed by atoms with Crippen LogP contribution in [0.3, 0.4) is 0 Å². The van der Waals surface area contributed by atoms with Crippen molar-refractivity contribution in [3.63, 3.8) is 0 Å². The van der Waals surface area contributed by atoms with Crippen molar-refractivity contribution in [3.05, 3.63) is 193 Å². The van der Waals surface area contributed by atoms with E-state index < -0.39 is 0 Å². The lowest BCUT2D eigenvalue weighted by molar-refractivity contribution is 0.675. The predicted octanol–water partition coefficient (Wildman–Crippen LogP) is 12.7. The number of anilines is 4. The third kappa shape index (κ3) is 4.97. The van der Waals surface area contributed by atoms with E-state index in [1.165, 1.54) is 48.9 Å². The maximum atomic E-state index is 2.74. The zero-order chi connectivity index (χ0) is 33.0. The van der Waals surface area contributed by atoms with Gasteiger partial charge < -0.3 is 9.80 Å². The molecule has 0 spiro atoms. The number of hydrogen-bond donors (Lipinski definition) is 0. The fourth-order valence-corrected chi connectivity index (χ4v) is 11.4. The number of nitrogens with zero attached hydrogens (tertiary/aromatic N) is 2. The molecular weight excluding hydrogens is 645 g/mol. The minimum atomic E-state index is 0.378. The topological polar surface area (TPSA) is 6.48 Å². The Hall–Kier alpha value is -5.16. The van der Waals surface area contributed by atoms with Crippen LogP contribution in [0.25, 0.3) is 22.3 Å². The molecule has 4 heteroatoms. The molecule has 10 rings (SSSR count). The third-order valence-electron chi connectivity index (χ3n) is 10.4. The molecule has 50 heavy (non-hydrogen) atoms. The van der Waals surface area contributed by atoms with Crippen LogP contribution in [0.2, 0.25) is 0 Å². The van der Waals surface area contributed by atoms with E-state index in [2.05, 4.69) is 215 Å². The second-order valence-corrected chi connectivity index (χ2v) is 15.7. The van der Waals surface area contributed by atoms with Gasteiger partial charge in [0.1, 0.15) is 0 Å². The van der Waals surface area contributed by atoms with E-state index in [4.69, 9.17) is 0 Å². The average molecular weight is 679 g/mol. The van der Waals surface area contributed by atoms with Gasteiger partial charge in [0.2, 0.25) is 0 Å². The van der Waals surface area contributed by atoms with Crippen LogP contribution in [0.1, 0.15) is 23.2 Å². The molecule has 0 aromatic heterocycles. The molecule has 1 saturated heterocycles. The van der Waals surface area contributed by atoms with Crippen LogP contribution in [-0.4, -0.2) is 10.5 Å². The van der Waals surface area contributed by atoms with E-state index in [-0.39, 0.29) is 0 Å². The molecule has 7 aromatic rings. The fourth-order valence-electron chi connectivity index (χ4n) is 8.13. The van der Waals surface area contributed by atoms with Gasteiger partial charge in [-0.05, 0) is 94.0 Å². The van der Waals surface area contributed by atoms with Gasteiger partial charge in [-0.1, -0.05) is 121 Å². The molecular formula is C46H34N2S2. The summed E-state index contributed by atoms with van der Waals surface area (Å²) in [7, 11) is 0. The van der Waals surface area contributed by atoms with Crippen LogP contribution >= 0.6 is 23.5 Å². The highest BCUT2D eigenvalue weighted by Gasteiger charge is 2.57. The van der Waals surface area contributed by atoms with E-state index in [1.807, 2.05) is 0 Å². The molecule has 0 aliphatic carbocycles. The molecule has 4 unspecified atom stereocenters. The molecule has 2 nitrogen and oxygen atoms in total. The number of fused-ring (bicyclic) bond motifs is 7. The Balaban J connectivity index is 0.964. The number of benzene rings is 7. The van der Waals surface area contributed by atoms with Crippen molar-refractivity contribution in [2.45, 2.75) is 32.4 Å². The maximum absolute atomic E-state index is 2.74. The van der Waals surface area contributed by atoms with E-state index >= 15 is 0 Å². The molecule has 3 heterocycles. The van der Waals surface area contributed by atoms with Crippen LogP contribution in [0, 0.1) is 0 Å². The summed E-state index contributed by atoms with van der Waals surface area (Å²) >= 11 is 4.17. The van der Waals surface area contributed by atoms with E-state index in [0.29, 0.717) is 22.6 Å². The summed E-state index contributed by atoms with van der Waals surface area (Å²) < 4.78 is 0. The third-order valence-corrected chi connectivity index (χ3v) is 13.5. The summed E-state index contributed by atoms with van der Waals surface area (Å²) in [6.07, 6.45) is 0. The largest absolute Gasteiger partial charge is 0.355 e. The molecule has 0 saturated carbocycles. The highest BCUT2D eigenvalue weighted by Crippen LogP contribution is 2.65. The summed E-state index contributed by atoms with van der Waals surface area (Å²) in [4.78, 5) is 7.95. The lowest BCUT2D eigenvalue weighted by atomic mass is 10.0. The van der Waals surface area contributed by atoms with Gasteiger partial charge in [-0.25, -0.2) is 0 Å². The second-order valence-electron chi connectivity index (χ2n) is 13.2. The van der Waals surface area contributed by atoms with Gasteiger partial charge in [-0.2, -0.15) is 0 Å². The lowest BCUT2D eigenvalue weighted by Crippen LogP contribution is -2.27. The Morgan fingerprint density at radius 3 is 1.24 bits per heavy atom. The lowest BCUT2D eigenvalue weighted by Gasteiger charge is -2.32. The van der Waals surface area contributed by atoms with Gasteiger partial charge in [0.15, 0.2) is 0 Å². The summed E-state index contributed by atoms with van der Waals surface area (Å²) in [6.45, 7) is 0. The molecule has 4 atom stereocenters. The van der Waals surface area contributed by atoms with E-state index in [9.17, 15) is 0 Å². The maximum Gasteiger partial charge on any atom is 0.0694 e. The molecule has 0 amide bonds. The monoisotopic (exact) mass is 678 g/mol. The van der Waals surface area contributed by atoms with Gasteiger partial charge in [-0.3, -0.25) is 0 Å². The molecule has 3 aliphatic heterocycles. The van der Waals surface area contributed by atoms with Crippen LogP contribution in [0.15, 0.2) is 192 Å². The summed E-state index contributed by atoms with van der Waals surface area (Å²) in [5.74, 6) is 0. The van der Waals surface area contributed by atoms with Crippen molar-refractivity contribution >= 4 is 46.3 Å². The average Bonchev–Trinajstić information content (AvgIpc) is 3.85. The van der Waals surface area contributed by atoms with Gasteiger partial charge in [0.25, 0.3) is 0 Å².